The summed E-state index contributed by atoms with van der Waals surface area (Å²) in [6, 6.07) is 9.40. The minimum atomic E-state index is -0.487. The maximum absolute atomic E-state index is 10.6. The third kappa shape index (κ3) is 11.3. The van der Waals surface area contributed by atoms with Crippen molar-refractivity contribution in [3.63, 3.8) is 0 Å². The Labute approximate surface area is 145 Å². The predicted molar refractivity (Wildman–Crippen MR) is 52.7 cm³/mol. The van der Waals surface area contributed by atoms with E-state index in [-0.39, 0.29) is 89.5 Å². The number of nitrogens with one attached hydrogen (secondary N) is 1. The molecule has 0 aliphatic rings. The summed E-state index contributed by atoms with van der Waals surface area (Å²) in [5.41, 5.74) is 7.64. The fourth-order valence-electron chi connectivity index (χ4n) is 0.789. The second kappa shape index (κ2) is 15.8. The van der Waals surface area contributed by atoms with Gasteiger partial charge in [-0.05, 0) is 12.1 Å². The fourth-order valence-corrected chi connectivity index (χ4v) is 0.789. The summed E-state index contributed by atoms with van der Waals surface area (Å²) >= 11 is 0. The molecule has 1 aromatic carbocycles. The van der Waals surface area contributed by atoms with Gasteiger partial charge in [-0.15, -0.1) is 0 Å². The summed E-state index contributed by atoms with van der Waals surface area (Å²) in [7, 11) is 0. The fraction of sp³-hybridized carbons (Fsp3) is 0.222. The van der Waals surface area contributed by atoms with E-state index < -0.39 is 5.97 Å². The SMILES string of the molecule is O.O.[NH-]CC(=O)OCc1ccccc1.[Y].[Y]. The third-order valence-electron chi connectivity index (χ3n) is 1.39. The molecule has 2 radical (unpaired) electrons. The van der Waals surface area contributed by atoms with Crippen LogP contribution in [0.4, 0.5) is 0 Å². The molecule has 0 aliphatic heterocycles. The van der Waals surface area contributed by atoms with Crippen LogP contribution in [-0.4, -0.2) is 23.5 Å². The van der Waals surface area contributed by atoms with Crippen molar-refractivity contribution in [2.24, 2.45) is 0 Å². The van der Waals surface area contributed by atoms with E-state index in [1.807, 2.05) is 30.3 Å². The molecule has 0 saturated carbocycles. The van der Waals surface area contributed by atoms with Crippen LogP contribution >= 0.6 is 0 Å². The molecule has 0 saturated heterocycles. The first-order valence-electron chi connectivity index (χ1n) is 3.67. The number of esters is 1. The van der Waals surface area contributed by atoms with Crippen molar-refractivity contribution in [3.8, 4) is 0 Å². The van der Waals surface area contributed by atoms with Gasteiger partial charge in [-0.2, -0.15) is 0 Å². The second-order valence-electron chi connectivity index (χ2n) is 2.32. The predicted octanol–water partition coefficient (Wildman–Crippen LogP) is 0.128. The van der Waals surface area contributed by atoms with Crippen LogP contribution in [0.1, 0.15) is 5.56 Å². The van der Waals surface area contributed by atoms with E-state index in [4.69, 9.17) is 10.5 Å². The first-order valence-corrected chi connectivity index (χ1v) is 3.67. The Balaban J connectivity index is -0.000000180. The zero-order chi connectivity index (χ0) is 8.81. The summed E-state index contributed by atoms with van der Waals surface area (Å²) in [5.74, 6) is -0.487. The molecule has 0 aliphatic carbocycles. The number of ether oxygens (including phenoxy) is 1. The molecular formula is C9H14NO4Y2-. The number of carbonyl (C=O) groups excluding carboxylic acids is 1. The molecule has 0 fully saturated rings. The molecule has 1 rings (SSSR count). The minimum absolute atomic E-state index is 0. The van der Waals surface area contributed by atoms with Crippen LogP contribution in [0, 0.1) is 0 Å². The first kappa shape index (κ1) is 25.6. The number of rotatable bonds is 3. The standard InChI is InChI=1S/C9H10NO2.2H2O.2Y/c10-6-9(11)12-7-8-4-2-1-3-5-8;;;;/h1-5,10H,6-7H2;2*1H2;;/q-1;;;;. The largest absolute Gasteiger partial charge is 0.668 e. The van der Waals surface area contributed by atoms with Crippen molar-refractivity contribution in [3.05, 3.63) is 41.6 Å². The Kier molecular flexibility index (Phi) is 25.2. The number of hydrogen-bond donors (Lipinski definition) is 0. The molecule has 0 amide bonds. The van der Waals surface area contributed by atoms with Crippen molar-refractivity contribution in [1.29, 1.82) is 0 Å². The summed E-state index contributed by atoms with van der Waals surface area (Å²) in [6.45, 7) is -0.0502. The van der Waals surface area contributed by atoms with Gasteiger partial charge >= 0.3 is 0 Å². The smallest absolute Gasteiger partial charge is 0.285 e. The maximum Gasteiger partial charge on any atom is 0.285 e. The van der Waals surface area contributed by atoms with Crippen LogP contribution in [0.15, 0.2) is 30.3 Å². The third-order valence-corrected chi connectivity index (χ3v) is 1.39. The van der Waals surface area contributed by atoms with Crippen molar-refractivity contribution in [1.82, 2.24) is 0 Å². The molecule has 0 spiro atoms. The Morgan fingerprint density at radius 2 is 1.62 bits per heavy atom. The molecule has 5 N–H and O–H groups in total. The zero-order valence-corrected chi connectivity index (χ0v) is 14.4. The molecule has 0 aromatic heterocycles. The van der Waals surface area contributed by atoms with Gasteiger partial charge in [0.2, 0.25) is 0 Å². The minimum Gasteiger partial charge on any atom is -0.668 e. The van der Waals surface area contributed by atoms with Gasteiger partial charge in [-0.3, -0.25) is 4.79 Å². The van der Waals surface area contributed by atoms with Gasteiger partial charge in [-0.25, -0.2) is 0 Å². The van der Waals surface area contributed by atoms with Crippen LogP contribution in [0.2, 0.25) is 0 Å². The quantitative estimate of drug-likeness (QED) is 0.696. The summed E-state index contributed by atoms with van der Waals surface area (Å²) in [4.78, 5) is 10.6. The maximum atomic E-state index is 10.6. The van der Waals surface area contributed by atoms with E-state index in [1.165, 1.54) is 0 Å². The molecule has 7 heteroatoms. The Morgan fingerprint density at radius 1 is 1.12 bits per heavy atom. The van der Waals surface area contributed by atoms with Crippen LogP contribution in [0.3, 0.4) is 0 Å². The van der Waals surface area contributed by atoms with E-state index in [1.54, 1.807) is 0 Å². The van der Waals surface area contributed by atoms with Gasteiger partial charge in [0.1, 0.15) is 6.61 Å². The Bertz CT molecular complexity index is 259. The van der Waals surface area contributed by atoms with Gasteiger partial charge in [-0.1, -0.05) is 30.3 Å². The molecular weight excluding hydrogens is 364 g/mol. The summed E-state index contributed by atoms with van der Waals surface area (Å²) in [5, 5.41) is 0. The van der Waals surface area contributed by atoms with Gasteiger partial charge in [0.25, 0.3) is 5.97 Å². The molecule has 0 heterocycles. The van der Waals surface area contributed by atoms with E-state index in [0.29, 0.717) is 0 Å². The molecule has 0 unspecified atom stereocenters. The molecule has 0 bridgehead atoms. The van der Waals surface area contributed by atoms with Crippen molar-refractivity contribution >= 4 is 5.97 Å². The molecule has 5 nitrogen and oxygen atoms in total. The molecule has 86 valence electrons. The number of carbonyl (C=O) groups is 1. The zero-order valence-electron chi connectivity index (χ0n) is 8.77. The average Bonchev–Trinajstić information content (AvgIpc) is 2.16. The topological polar surface area (TPSA) is 113 Å². The van der Waals surface area contributed by atoms with Crippen molar-refractivity contribution in [2.75, 3.05) is 6.54 Å². The van der Waals surface area contributed by atoms with Gasteiger partial charge < -0.3 is 21.4 Å². The van der Waals surface area contributed by atoms with E-state index in [2.05, 4.69) is 0 Å². The average molecular weight is 378 g/mol. The van der Waals surface area contributed by atoms with E-state index >= 15 is 0 Å². The molecule has 1 aromatic rings. The Hall–Kier alpha value is 0.778. The van der Waals surface area contributed by atoms with Crippen LogP contribution in [-0.2, 0) is 81.6 Å². The van der Waals surface area contributed by atoms with Crippen LogP contribution in [0.25, 0.3) is 5.73 Å². The first-order chi connectivity index (χ1) is 5.83. The Morgan fingerprint density at radius 3 is 2.06 bits per heavy atom. The van der Waals surface area contributed by atoms with Crippen LogP contribution in [0.5, 0.6) is 0 Å². The number of benzene rings is 1. The monoisotopic (exact) mass is 378 g/mol. The van der Waals surface area contributed by atoms with Gasteiger partial charge in [0, 0.05) is 65.4 Å². The molecule has 0 atom stereocenters. The second-order valence-corrected chi connectivity index (χ2v) is 2.32. The van der Waals surface area contributed by atoms with Crippen molar-refractivity contribution < 1.29 is 85.9 Å². The molecule has 16 heavy (non-hydrogen) atoms. The summed E-state index contributed by atoms with van der Waals surface area (Å²) < 4.78 is 4.75. The van der Waals surface area contributed by atoms with E-state index in [9.17, 15) is 4.79 Å². The van der Waals surface area contributed by atoms with Gasteiger partial charge in [0.05, 0.1) is 0 Å². The normalized spacial score (nSPS) is 7.06. The van der Waals surface area contributed by atoms with Crippen molar-refractivity contribution in [2.45, 2.75) is 6.61 Å². The van der Waals surface area contributed by atoms with Gasteiger partial charge in [0.15, 0.2) is 0 Å². The van der Waals surface area contributed by atoms with E-state index in [0.717, 1.165) is 5.56 Å². The summed E-state index contributed by atoms with van der Waals surface area (Å²) in [6.07, 6.45) is 0. The number of hydrogen-bond acceptors (Lipinski definition) is 2. The van der Waals surface area contributed by atoms with Crippen LogP contribution < -0.4 is 0 Å².